The van der Waals surface area contributed by atoms with Gasteiger partial charge in [0.25, 0.3) is 0 Å². The van der Waals surface area contributed by atoms with E-state index < -0.39 is 0 Å². The number of ether oxygens (including phenoxy) is 1. The molecule has 22 heavy (non-hydrogen) atoms. The Labute approximate surface area is 136 Å². The van der Waals surface area contributed by atoms with Gasteiger partial charge < -0.3 is 9.22 Å². The molecule has 3 rings (SSSR count). The normalized spacial score (nSPS) is 30.7. The van der Waals surface area contributed by atoms with Crippen molar-refractivity contribution in [1.29, 1.82) is 0 Å². The van der Waals surface area contributed by atoms with Gasteiger partial charge in [0.1, 0.15) is 12.2 Å². The van der Waals surface area contributed by atoms with E-state index in [0.717, 1.165) is 35.4 Å². The molecule has 2 saturated heterocycles. The lowest BCUT2D eigenvalue weighted by Gasteiger charge is -2.49. The topological polar surface area (TPSA) is 46.6 Å². The van der Waals surface area contributed by atoms with Gasteiger partial charge in [-0.3, -0.25) is 9.69 Å². The number of nitrogens with zero attached hydrogens (tertiary/aromatic N) is 2. The second kappa shape index (κ2) is 5.89. The van der Waals surface area contributed by atoms with Gasteiger partial charge in [0, 0.05) is 11.3 Å². The Morgan fingerprint density at radius 1 is 1.36 bits per heavy atom. The molecule has 5 nitrogen and oxygen atoms in total. The van der Waals surface area contributed by atoms with Gasteiger partial charge >= 0.3 is 5.97 Å². The highest BCUT2D eigenvalue weighted by Crippen LogP contribution is 2.44. The van der Waals surface area contributed by atoms with Gasteiger partial charge in [0.15, 0.2) is 0 Å². The number of quaternary nitrogens is 1. The van der Waals surface area contributed by atoms with Crippen molar-refractivity contribution < 1.29 is 18.8 Å². The van der Waals surface area contributed by atoms with Crippen LogP contribution in [0, 0.1) is 5.92 Å². The molecule has 0 bridgehead atoms. The summed E-state index contributed by atoms with van der Waals surface area (Å²) in [4.78, 5) is 26.2. The maximum Gasteiger partial charge on any atom is 0.355 e. The molecule has 0 aliphatic carbocycles. The zero-order chi connectivity index (χ0) is 15.9. The molecule has 0 saturated carbocycles. The largest absolute Gasteiger partial charge is 0.464 e. The van der Waals surface area contributed by atoms with E-state index in [1.165, 1.54) is 26.4 Å². The molecule has 0 aromatic heterocycles. The molecule has 3 heterocycles. The summed E-state index contributed by atoms with van der Waals surface area (Å²) in [6, 6.07) is 0. The van der Waals surface area contributed by atoms with Crippen molar-refractivity contribution in [2.75, 3.05) is 39.5 Å². The van der Waals surface area contributed by atoms with E-state index in [2.05, 4.69) is 7.05 Å². The van der Waals surface area contributed by atoms with Gasteiger partial charge in [-0.1, -0.05) is 6.92 Å². The summed E-state index contributed by atoms with van der Waals surface area (Å²) < 4.78 is 5.94. The third kappa shape index (κ3) is 2.56. The second-order valence-corrected chi connectivity index (χ2v) is 8.03. The van der Waals surface area contributed by atoms with Gasteiger partial charge in [-0.2, -0.15) is 0 Å². The van der Waals surface area contributed by atoms with Crippen LogP contribution in [0.15, 0.2) is 11.3 Å². The lowest BCUT2D eigenvalue weighted by Crippen LogP contribution is -2.61. The van der Waals surface area contributed by atoms with Crippen LogP contribution in [0.3, 0.4) is 0 Å². The minimum Gasteiger partial charge on any atom is -0.464 e. The maximum atomic E-state index is 12.3. The molecule has 2 unspecified atom stereocenters. The first-order valence-corrected chi connectivity index (χ1v) is 9.10. The van der Waals surface area contributed by atoms with Crippen molar-refractivity contribution in [3.63, 3.8) is 0 Å². The van der Waals surface area contributed by atoms with Gasteiger partial charge in [-0.15, -0.1) is 11.8 Å². The number of fused-ring (bicyclic) bond motifs is 1. The van der Waals surface area contributed by atoms with Gasteiger partial charge in [0.2, 0.25) is 5.91 Å². The number of likely N-dealkylation sites (N-methyl/N-ethyl adjacent to an activating group) is 1. The average Bonchev–Trinajstić information content (AvgIpc) is 2.53. The second-order valence-electron chi connectivity index (χ2n) is 6.93. The molecular formula is C16H25N2O3S+. The van der Waals surface area contributed by atoms with Crippen molar-refractivity contribution in [1.82, 2.24) is 4.90 Å². The molecule has 0 N–H and O–H groups in total. The summed E-state index contributed by atoms with van der Waals surface area (Å²) in [5.41, 5.74) is 1.61. The number of esters is 1. The van der Waals surface area contributed by atoms with Crippen LogP contribution in [0.4, 0.5) is 0 Å². The predicted octanol–water partition coefficient (Wildman–Crippen LogP) is 1.60. The molecule has 122 valence electrons. The molecule has 0 spiro atoms. The van der Waals surface area contributed by atoms with Crippen LogP contribution >= 0.6 is 11.8 Å². The van der Waals surface area contributed by atoms with E-state index in [0.29, 0.717) is 5.70 Å². The Morgan fingerprint density at radius 2 is 2.05 bits per heavy atom. The smallest absolute Gasteiger partial charge is 0.355 e. The van der Waals surface area contributed by atoms with E-state index in [1.807, 2.05) is 6.92 Å². The van der Waals surface area contributed by atoms with Crippen molar-refractivity contribution in [2.24, 2.45) is 5.92 Å². The summed E-state index contributed by atoms with van der Waals surface area (Å²) in [5, 5.41) is 0.108. The van der Waals surface area contributed by atoms with E-state index in [1.54, 1.807) is 16.7 Å². The predicted molar refractivity (Wildman–Crippen MR) is 85.9 cm³/mol. The molecular weight excluding hydrogens is 300 g/mol. The fourth-order valence-corrected chi connectivity index (χ4v) is 5.21. The van der Waals surface area contributed by atoms with E-state index in [9.17, 15) is 9.59 Å². The first kappa shape index (κ1) is 15.9. The van der Waals surface area contributed by atoms with E-state index >= 15 is 0 Å². The number of carbonyl (C=O) groups is 2. The zero-order valence-electron chi connectivity index (χ0n) is 13.6. The molecule has 0 radical (unpaired) electrons. The van der Waals surface area contributed by atoms with Gasteiger partial charge in [-0.25, -0.2) is 4.79 Å². The van der Waals surface area contributed by atoms with Crippen LogP contribution in [-0.2, 0) is 14.3 Å². The highest BCUT2D eigenvalue weighted by Gasteiger charge is 2.52. The van der Waals surface area contributed by atoms with Crippen molar-refractivity contribution in [3.8, 4) is 0 Å². The Hall–Kier alpha value is -1.01. The fourth-order valence-electron chi connectivity index (χ4n) is 3.84. The molecule has 3 aliphatic heterocycles. The van der Waals surface area contributed by atoms with E-state index in [4.69, 9.17) is 4.74 Å². The molecule has 0 aromatic carbocycles. The molecule has 6 heteroatoms. The van der Waals surface area contributed by atoms with Crippen LogP contribution in [0.5, 0.6) is 0 Å². The first-order chi connectivity index (χ1) is 10.5. The molecule has 0 aromatic rings. The van der Waals surface area contributed by atoms with Crippen molar-refractivity contribution >= 4 is 23.6 Å². The number of hydrogen-bond donors (Lipinski definition) is 0. The summed E-state index contributed by atoms with van der Waals surface area (Å²) in [7, 11) is 3.66. The Morgan fingerprint density at radius 3 is 2.68 bits per heavy atom. The number of carbonyl (C=O) groups excluding carboxylic acids is 2. The lowest BCUT2D eigenvalue weighted by atomic mass is 9.97. The summed E-state index contributed by atoms with van der Waals surface area (Å²) in [6.45, 7) is 5.09. The zero-order valence-corrected chi connectivity index (χ0v) is 14.4. The van der Waals surface area contributed by atoms with Crippen molar-refractivity contribution in [3.05, 3.63) is 11.3 Å². The molecule has 2 atom stereocenters. The number of methoxy groups -OCH3 is 1. The SMILES string of the molecule is COC(=O)C1=C(C[N+]2(C)CCCCC2)CSC2C(C)C(=O)N12. The minimum atomic E-state index is -0.357. The molecule has 3 aliphatic rings. The maximum absolute atomic E-state index is 12.3. The third-order valence-corrected chi connectivity index (χ3v) is 6.64. The monoisotopic (exact) mass is 325 g/mol. The molecule has 1 amide bonds. The quantitative estimate of drug-likeness (QED) is 0.449. The first-order valence-electron chi connectivity index (χ1n) is 8.05. The lowest BCUT2D eigenvalue weighted by molar-refractivity contribution is -0.909. The number of piperidine rings is 1. The minimum absolute atomic E-state index is 0.00552. The van der Waals surface area contributed by atoms with Crippen LogP contribution in [-0.4, -0.2) is 66.2 Å². The number of hydrogen-bond acceptors (Lipinski definition) is 4. The number of thioether (sulfide) groups is 1. The van der Waals surface area contributed by atoms with Crippen molar-refractivity contribution in [2.45, 2.75) is 31.6 Å². The Kier molecular flexibility index (Phi) is 4.25. The summed E-state index contributed by atoms with van der Waals surface area (Å²) >= 11 is 1.78. The summed E-state index contributed by atoms with van der Waals surface area (Å²) in [5.74, 6) is 0.531. The Bertz CT molecular complexity index is 525. The van der Waals surface area contributed by atoms with Gasteiger partial charge in [-0.05, 0) is 19.3 Å². The number of β-lactam (4-membered cyclic amide) rings is 1. The van der Waals surface area contributed by atoms with Crippen LogP contribution < -0.4 is 0 Å². The average molecular weight is 325 g/mol. The van der Waals surface area contributed by atoms with Crippen LogP contribution in [0.2, 0.25) is 0 Å². The highest BCUT2D eigenvalue weighted by atomic mass is 32.2. The highest BCUT2D eigenvalue weighted by molar-refractivity contribution is 8.00. The van der Waals surface area contributed by atoms with Crippen LogP contribution in [0.25, 0.3) is 0 Å². The standard InChI is InChI=1S/C16H25N2O3S/c1-11-14(19)17-13(16(20)21-3)12(10-22-15(11)17)9-18(2)7-5-4-6-8-18/h11,15H,4-10H2,1-3H3/q+1. The Balaban J connectivity index is 1.89. The van der Waals surface area contributed by atoms with Crippen LogP contribution in [0.1, 0.15) is 26.2 Å². The third-order valence-electron chi connectivity index (χ3n) is 5.16. The number of amides is 1. The number of likely N-dealkylation sites (tertiary alicyclic amines) is 1. The summed E-state index contributed by atoms with van der Waals surface area (Å²) in [6.07, 6.45) is 3.79. The van der Waals surface area contributed by atoms with Gasteiger partial charge in [0.05, 0.1) is 38.5 Å². The molecule has 2 fully saturated rings. The fraction of sp³-hybridized carbons (Fsp3) is 0.750. The van der Waals surface area contributed by atoms with E-state index in [-0.39, 0.29) is 23.2 Å². The number of rotatable bonds is 3.